The van der Waals surface area contributed by atoms with Crippen molar-refractivity contribution in [3.8, 4) is 5.75 Å². The Balaban J connectivity index is 1.86. The minimum atomic E-state index is -0.321. The van der Waals surface area contributed by atoms with E-state index in [1.807, 2.05) is 0 Å². The quantitative estimate of drug-likeness (QED) is 0.798. The van der Waals surface area contributed by atoms with Crippen molar-refractivity contribution in [2.75, 3.05) is 19.0 Å². The second-order valence-electron chi connectivity index (χ2n) is 5.07. The first kappa shape index (κ1) is 17.2. The first-order valence-corrected chi connectivity index (χ1v) is 7.35. The molecule has 2 aromatic rings. The topological polar surface area (TPSA) is 84.5 Å². The van der Waals surface area contributed by atoms with Crippen molar-refractivity contribution in [2.24, 2.45) is 0 Å². The highest BCUT2D eigenvalue weighted by atomic mass is 16.5. The van der Waals surface area contributed by atoms with Crippen LogP contribution in [0.5, 0.6) is 5.75 Å². The van der Waals surface area contributed by atoms with Crippen molar-refractivity contribution >= 4 is 23.3 Å². The van der Waals surface area contributed by atoms with Crippen LogP contribution in [0.4, 0.5) is 5.69 Å². The van der Waals surface area contributed by atoms with Crippen molar-refractivity contribution in [3.63, 3.8) is 0 Å². The van der Waals surface area contributed by atoms with Crippen LogP contribution in [0.2, 0.25) is 0 Å². The molecule has 0 heterocycles. The first-order valence-electron chi connectivity index (χ1n) is 7.35. The van der Waals surface area contributed by atoms with Crippen LogP contribution < -0.4 is 15.4 Å². The van der Waals surface area contributed by atoms with Crippen LogP contribution in [0.3, 0.4) is 0 Å². The van der Waals surface area contributed by atoms with Gasteiger partial charge in [-0.25, -0.2) is 0 Å². The van der Waals surface area contributed by atoms with Crippen molar-refractivity contribution < 1.29 is 19.1 Å². The maximum absolute atomic E-state index is 11.9. The molecule has 2 amide bonds. The van der Waals surface area contributed by atoms with Gasteiger partial charge in [-0.2, -0.15) is 0 Å². The minimum Gasteiger partial charge on any atom is -0.484 e. The average molecular weight is 326 g/mol. The standard InChI is InChI=1S/C18H18N2O4/c1-12(21)13-5-9-16(10-6-13)24-11-17(22)20-15-7-3-14(4-8-15)18(23)19-2/h3-10H,11H2,1-2H3,(H,19,23)(H,20,22). The summed E-state index contributed by atoms with van der Waals surface area (Å²) in [5, 5.41) is 5.20. The van der Waals surface area contributed by atoms with Crippen LogP contribution in [0.25, 0.3) is 0 Å². The van der Waals surface area contributed by atoms with Crippen molar-refractivity contribution in [2.45, 2.75) is 6.92 Å². The zero-order chi connectivity index (χ0) is 17.5. The number of anilines is 1. The zero-order valence-corrected chi connectivity index (χ0v) is 13.5. The first-order chi connectivity index (χ1) is 11.5. The molecule has 0 radical (unpaired) electrons. The van der Waals surface area contributed by atoms with Gasteiger partial charge in [-0.05, 0) is 55.5 Å². The SMILES string of the molecule is CNC(=O)c1ccc(NC(=O)COc2ccc(C(C)=O)cc2)cc1. The largest absolute Gasteiger partial charge is 0.484 e. The number of ketones is 1. The maximum atomic E-state index is 11.9. The second-order valence-corrected chi connectivity index (χ2v) is 5.07. The molecule has 0 aromatic heterocycles. The summed E-state index contributed by atoms with van der Waals surface area (Å²) >= 11 is 0. The van der Waals surface area contributed by atoms with Crippen LogP contribution in [0.1, 0.15) is 27.6 Å². The molecule has 0 unspecified atom stereocenters. The highest BCUT2D eigenvalue weighted by Gasteiger charge is 2.06. The van der Waals surface area contributed by atoms with Crippen LogP contribution in [-0.2, 0) is 4.79 Å². The normalized spacial score (nSPS) is 9.92. The molecule has 2 rings (SSSR count). The summed E-state index contributed by atoms with van der Waals surface area (Å²) in [5.74, 6) is -0.0341. The second kappa shape index (κ2) is 7.92. The fourth-order valence-corrected chi connectivity index (χ4v) is 1.98. The van der Waals surface area contributed by atoms with Crippen molar-refractivity contribution in [3.05, 3.63) is 59.7 Å². The number of nitrogens with one attached hydrogen (secondary N) is 2. The summed E-state index contributed by atoms with van der Waals surface area (Å²) in [7, 11) is 1.55. The van der Waals surface area contributed by atoms with Gasteiger partial charge in [0.15, 0.2) is 12.4 Å². The molecule has 0 bridgehead atoms. The van der Waals surface area contributed by atoms with Crippen LogP contribution >= 0.6 is 0 Å². The van der Waals surface area contributed by atoms with E-state index >= 15 is 0 Å². The Kier molecular flexibility index (Phi) is 5.68. The van der Waals surface area contributed by atoms with Gasteiger partial charge in [-0.3, -0.25) is 14.4 Å². The minimum absolute atomic E-state index is 0.0282. The predicted octanol–water partition coefficient (Wildman–Crippen LogP) is 2.27. The van der Waals surface area contributed by atoms with Crippen molar-refractivity contribution in [1.82, 2.24) is 5.32 Å². The molecule has 0 fully saturated rings. The summed E-state index contributed by atoms with van der Waals surface area (Å²) in [5.41, 5.74) is 1.67. The Morgan fingerprint density at radius 3 is 2.04 bits per heavy atom. The van der Waals surface area contributed by atoms with Gasteiger partial charge < -0.3 is 15.4 Å². The van der Waals surface area contributed by atoms with Gasteiger partial charge in [0.1, 0.15) is 5.75 Å². The molecule has 124 valence electrons. The van der Waals surface area contributed by atoms with Crippen LogP contribution in [-0.4, -0.2) is 31.3 Å². The molecule has 0 saturated heterocycles. The fraction of sp³-hybridized carbons (Fsp3) is 0.167. The van der Waals surface area contributed by atoms with E-state index in [1.165, 1.54) is 6.92 Å². The lowest BCUT2D eigenvalue weighted by Crippen LogP contribution is -2.20. The van der Waals surface area contributed by atoms with Gasteiger partial charge in [0.05, 0.1) is 0 Å². The Morgan fingerprint density at radius 1 is 0.917 bits per heavy atom. The van der Waals surface area contributed by atoms with Gasteiger partial charge in [0.25, 0.3) is 11.8 Å². The average Bonchev–Trinajstić information content (AvgIpc) is 2.60. The Hall–Kier alpha value is -3.15. The van der Waals surface area contributed by atoms with Crippen LogP contribution in [0.15, 0.2) is 48.5 Å². The summed E-state index contributed by atoms with van der Waals surface area (Å²) < 4.78 is 5.37. The van der Waals surface area contributed by atoms with Crippen LogP contribution in [0, 0.1) is 0 Å². The van der Waals surface area contributed by atoms with Gasteiger partial charge in [0, 0.05) is 23.9 Å². The third-order valence-corrected chi connectivity index (χ3v) is 3.29. The van der Waals surface area contributed by atoms with E-state index in [9.17, 15) is 14.4 Å². The van der Waals surface area contributed by atoms with E-state index in [-0.39, 0.29) is 24.2 Å². The number of benzene rings is 2. The van der Waals surface area contributed by atoms with E-state index in [1.54, 1.807) is 55.6 Å². The molecule has 6 heteroatoms. The Morgan fingerprint density at radius 2 is 1.50 bits per heavy atom. The number of carbonyl (C=O) groups is 3. The molecule has 0 atom stereocenters. The Labute approximate surface area is 139 Å². The molecule has 24 heavy (non-hydrogen) atoms. The summed E-state index contributed by atoms with van der Waals surface area (Å²) in [6.07, 6.45) is 0. The monoisotopic (exact) mass is 326 g/mol. The smallest absolute Gasteiger partial charge is 0.262 e. The lowest BCUT2D eigenvalue weighted by Gasteiger charge is -2.08. The molecule has 2 aromatic carbocycles. The maximum Gasteiger partial charge on any atom is 0.262 e. The molecule has 0 spiro atoms. The molecular weight excluding hydrogens is 308 g/mol. The third-order valence-electron chi connectivity index (χ3n) is 3.29. The number of Topliss-reactive ketones (excluding diaryl/α,β-unsaturated/α-hetero) is 1. The van der Waals surface area contributed by atoms with Gasteiger partial charge in [-0.15, -0.1) is 0 Å². The van der Waals surface area contributed by atoms with E-state index in [0.717, 1.165) is 0 Å². The Bertz CT molecular complexity index is 737. The zero-order valence-electron chi connectivity index (χ0n) is 13.5. The highest BCUT2D eigenvalue weighted by molar-refractivity contribution is 5.96. The summed E-state index contributed by atoms with van der Waals surface area (Å²) in [6, 6.07) is 13.1. The fourth-order valence-electron chi connectivity index (χ4n) is 1.98. The number of carbonyl (C=O) groups excluding carboxylic acids is 3. The highest BCUT2D eigenvalue weighted by Crippen LogP contribution is 2.13. The van der Waals surface area contributed by atoms with E-state index < -0.39 is 0 Å². The summed E-state index contributed by atoms with van der Waals surface area (Å²) in [6.45, 7) is 1.33. The number of ether oxygens (including phenoxy) is 1. The summed E-state index contributed by atoms with van der Waals surface area (Å²) in [4.78, 5) is 34.5. The molecule has 0 aliphatic rings. The third kappa shape index (κ3) is 4.67. The molecule has 2 N–H and O–H groups in total. The molecule has 0 saturated carbocycles. The molecular formula is C18H18N2O4. The number of hydrogen-bond acceptors (Lipinski definition) is 4. The van der Waals surface area contributed by atoms with E-state index in [2.05, 4.69) is 10.6 Å². The van der Waals surface area contributed by atoms with E-state index in [4.69, 9.17) is 4.74 Å². The number of hydrogen-bond donors (Lipinski definition) is 2. The van der Waals surface area contributed by atoms with Gasteiger partial charge >= 0.3 is 0 Å². The predicted molar refractivity (Wildman–Crippen MR) is 90.4 cm³/mol. The molecule has 6 nitrogen and oxygen atoms in total. The van der Waals surface area contributed by atoms with E-state index in [0.29, 0.717) is 22.6 Å². The number of rotatable bonds is 6. The van der Waals surface area contributed by atoms with Crippen molar-refractivity contribution in [1.29, 1.82) is 0 Å². The number of amides is 2. The molecule has 0 aliphatic heterocycles. The van der Waals surface area contributed by atoms with Gasteiger partial charge in [-0.1, -0.05) is 0 Å². The van der Waals surface area contributed by atoms with Gasteiger partial charge in [0.2, 0.25) is 0 Å². The lowest BCUT2D eigenvalue weighted by molar-refractivity contribution is -0.118. The molecule has 0 aliphatic carbocycles. The lowest BCUT2D eigenvalue weighted by atomic mass is 10.1.